The predicted octanol–water partition coefficient (Wildman–Crippen LogP) is -0.872. The number of rotatable bonds is 2. The molecular formula is C12H12N4O3. The van der Waals surface area contributed by atoms with E-state index in [-0.39, 0.29) is 0 Å². The van der Waals surface area contributed by atoms with E-state index in [1.807, 2.05) is 18.2 Å². The molecule has 0 aliphatic rings. The Hall–Kier alpha value is -2.70. The molecule has 0 saturated heterocycles. The molecule has 1 aromatic heterocycles. The Bertz CT molecular complexity index is 756. The summed E-state index contributed by atoms with van der Waals surface area (Å²) in [6.07, 6.45) is 1.38. The van der Waals surface area contributed by atoms with Gasteiger partial charge in [0.05, 0.1) is 6.21 Å². The standard InChI is InChI=1S/C12H12N4O3/c1-14-10(17)15(2)12(19)16(11(14)18)13-8-9-6-4-3-5-7-9/h3-8H,1-2H3/b13-8+. The molecule has 19 heavy (non-hydrogen) atoms. The summed E-state index contributed by atoms with van der Waals surface area (Å²) in [5, 5.41) is 3.82. The highest BCUT2D eigenvalue weighted by Gasteiger charge is 2.08. The third kappa shape index (κ3) is 2.30. The van der Waals surface area contributed by atoms with E-state index in [0.29, 0.717) is 4.68 Å². The van der Waals surface area contributed by atoms with Gasteiger partial charge >= 0.3 is 17.1 Å². The van der Waals surface area contributed by atoms with E-state index < -0.39 is 17.1 Å². The van der Waals surface area contributed by atoms with Crippen LogP contribution in [0.25, 0.3) is 0 Å². The van der Waals surface area contributed by atoms with Crippen LogP contribution in [0.1, 0.15) is 5.56 Å². The van der Waals surface area contributed by atoms with Crippen LogP contribution < -0.4 is 17.1 Å². The molecule has 1 heterocycles. The highest BCUT2D eigenvalue weighted by molar-refractivity contribution is 5.79. The molecule has 0 radical (unpaired) electrons. The lowest BCUT2D eigenvalue weighted by molar-refractivity contribution is 0.545. The molecule has 0 saturated carbocycles. The van der Waals surface area contributed by atoms with E-state index in [0.717, 1.165) is 14.7 Å². The molecule has 1 aromatic carbocycles. The summed E-state index contributed by atoms with van der Waals surface area (Å²) in [7, 11) is 2.58. The van der Waals surface area contributed by atoms with Crippen molar-refractivity contribution in [2.45, 2.75) is 0 Å². The number of benzene rings is 1. The van der Waals surface area contributed by atoms with Crippen molar-refractivity contribution in [1.82, 2.24) is 13.8 Å². The summed E-state index contributed by atoms with van der Waals surface area (Å²) in [5.41, 5.74) is -1.49. The fraction of sp³-hybridized carbons (Fsp3) is 0.167. The van der Waals surface area contributed by atoms with Crippen molar-refractivity contribution in [1.29, 1.82) is 0 Å². The third-order valence-corrected chi connectivity index (χ3v) is 2.63. The minimum atomic E-state index is -0.778. The van der Waals surface area contributed by atoms with Crippen molar-refractivity contribution in [2.24, 2.45) is 19.2 Å². The first-order valence-corrected chi connectivity index (χ1v) is 5.51. The summed E-state index contributed by atoms with van der Waals surface area (Å²) >= 11 is 0. The zero-order valence-corrected chi connectivity index (χ0v) is 10.5. The average molecular weight is 260 g/mol. The third-order valence-electron chi connectivity index (χ3n) is 2.63. The lowest BCUT2D eigenvalue weighted by Gasteiger charge is -2.03. The topological polar surface area (TPSA) is 78.4 Å². The van der Waals surface area contributed by atoms with Crippen LogP contribution in [0, 0.1) is 0 Å². The number of hydrogen-bond donors (Lipinski definition) is 0. The van der Waals surface area contributed by atoms with Crippen molar-refractivity contribution in [2.75, 3.05) is 0 Å². The second kappa shape index (κ2) is 4.89. The predicted molar refractivity (Wildman–Crippen MR) is 70.6 cm³/mol. The first-order valence-electron chi connectivity index (χ1n) is 5.51. The van der Waals surface area contributed by atoms with Crippen LogP contribution in [-0.4, -0.2) is 20.0 Å². The van der Waals surface area contributed by atoms with Crippen molar-refractivity contribution < 1.29 is 0 Å². The highest BCUT2D eigenvalue weighted by Crippen LogP contribution is 1.93. The maximum atomic E-state index is 11.8. The fourth-order valence-electron chi connectivity index (χ4n) is 1.52. The Morgan fingerprint density at radius 3 is 1.95 bits per heavy atom. The zero-order valence-electron chi connectivity index (χ0n) is 10.5. The molecule has 2 aromatic rings. The average Bonchev–Trinajstić information content (AvgIpc) is 2.44. The van der Waals surface area contributed by atoms with E-state index in [1.165, 1.54) is 20.3 Å². The largest absolute Gasteiger partial charge is 0.357 e. The van der Waals surface area contributed by atoms with Gasteiger partial charge in [0.2, 0.25) is 0 Å². The SMILES string of the molecule is Cn1c(=O)n(C)c(=O)n(/N=C/c2ccccc2)c1=O. The Morgan fingerprint density at radius 1 is 0.895 bits per heavy atom. The van der Waals surface area contributed by atoms with Crippen LogP contribution in [0.2, 0.25) is 0 Å². The van der Waals surface area contributed by atoms with E-state index in [4.69, 9.17) is 0 Å². The molecule has 2 rings (SSSR count). The van der Waals surface area contributed by atoms with Crippen LogP contribution >= 0.6 is 0 Å². The van der Waals surface area contributed by atoms with Crippen LogP contribution in [-0.2, 0) is 14.1 Å². The molecule has 0 fully saturated rings. The van der Waals surface area contributed by atoms with Gasteiger partial charge in [-0.05, 0) is 5.56 Å². The zero-order chi connectivity index (χ0) is 14.0. The molecule has 0 N–H and O–H groups in total. The lowest BCUT2D eigenvalue weighted by atomic mass is 10.2. The van der Waals surface area contributed by atoms with Gasteiger partial charge in [0.15, 0.2) is 0 Å². The molecule has 0 aliphatic carbocycles. The molecular weight excluding hydrogens is 248 g/mol. The normalized spacial score (nSPS) is 11.1. The summed E-state index contributed by atoms with van der Waals surface area (Å²) in [4.78, 5) is 35.1. The molecule has 7 nitrogen and oxygen atoms in total. The van der Waals surface area contributed by atoms with E-state index in [1.54, 1.807) is 12.1 Å². The van der Waals surface area contributed by atoms with Gasteiger partial charge < -0.3 is 0 Å². The number of aromatic nitrogens is 3. The van der Waals surface area contributed by atoms with Crippen LogP contribution in [0.15, 0.2) is 49.8 Å². The van der Waals surface area contributed by atoms with Crippen LogP contribution in [0.5, 0.6) is 0 Å². The molecule has 0 bridgehead atoms. The molecule has 0 unspecified atom stereocenters. The number of nitrogens with zero attached hydrogens (tertiary/aromatic N) is 4. The van der Waals surface area contributed by atoms with Gasteiger partial charge in [0.25, 0.3) is 0 Å². The lowest BCUT2D eigenvalue weighted by Crippen LogP contribution is -2.51. The monoisotopic (exact) mass is 260 g/mol. The molecule has 98 valence electrons. The minimum Gasteiger partial charge on any atom is -0.247 e. The smallest absolute Gasteiger partial charge is 0.247 e. The second-order valence-corrected chi connectivity index (χ2v) is 3.93. The summed E-state index contributed by atoms with van der Waals surface area (Å²) in [5.74, 6) is 0. The number of hydrogen-bond acceptors (Lipinski definition) is 4. The van der Waals surface area contributed by atoms with E-state index in [2.05, 4.69) is 5.10 Å². The maximum Gasteiger partial charge on any atom is 0.357 e. The van der Waals surface area contributed by atoms with E-state index >= 15 is 0 Å². The summed E-state index contributed by atoms with van der Waals surface area (Å²) in [6.45, 7) is 0. The molecule has 7 heteroatoms. The highest BCUT2D eigenvalue weighted by atomic mass is 16.2. The maximum absolute atomic E-state index is 11.8. The van der Waals surface area contributed by atoms with Crippen LogP contribution in [0.4, 0.5) is 0 Å². The molecule has 0 spiro atoms. The van der Waals surface area contributed by atoms with Gasteiger partial charge in [0, 0.05) is 14.1 Å². The van der Waals surface area contributed by atoms with Crippen molar-refractivity contribution >= 4 is 6.21 Å². The summed E-state index contributed by atoms with van der Waals surface area (Å²) < 4.78 is 2.29. The Kier molecular flexibility index (Phi) is 3.28. The van der Waals surface area contributed by atoms with Crippen molar-refractivity contribution in [3.63, 3.8) is 0 Å². The summed E-state index contributed by atoms with van der Waals surface area (Å²) in [6, 6.07) is 9.02. The Morgan fingerprint density at radius 2 is 1.42 bits per heavy atom. The van der Waals surface area contributed by atoms with Gasteiger partial charge in [0.1, 0.15) is 0 Å². The second-order valence-electron chi connectivity index (χ2n) is 3.93. The van der Waals surface area contributed by atoms with Crippen molar-refractivity contribution in [3.8, 4) is 0 Å². The minimum absolute atomic E-state index is 0.647. The first kappa shape index (κ1) is 12.7. The fourth-order valence-corrected chi connectivity index (χ4v) is 1.52. The van der Waals surface area contributed by atoms with Gasteiger partial charge in [-0.2, -0.15) is 5.10 Å². The Labute approximate surface area is 107 Å². The molecule has 0 amide bonds. The van der Waals surface area contributed by atoms with Crippen LogP contribution in [0.3, 0.4) is 0 Å². The van der Waals surface area contributed by atoms with Crippen molar-refractivity contribution in [3.05, 3.63) is 67.3 Å². The Balaban J connectivity index is 2.60. The molecule has 0 aliphatic heterocycles. The van der Waals surface area contributed by atoms with Gasteiger partial charge in [-0.3, -0.25) is 0 Å². The van der Waals surface area contributed by atoms with Gasteiger partial charge in [-0.15, -0.1) is 4.68 Å². The first-order chi connectivity index (χ1) is 9.02. The van der Waals surface area contributed by atoms with Gasteiger partial charge in [-0.1, -0.05) is 30.3 Å². The van der Waals surface area contributed by atoms with Gasteiger partial charge in [-0.25, -0.2) is 23.5 Å². The molecule has 0 atom stereocenters. The van der Waals surface area contributed by atoms with E-state index in [9.17, 15) is 14.4 Å². The quantitative estimate of drug-likeness (QED) is 0.658.